The van der Waals surface area contributed by atoms with Gasteiger partial charge in [0.2, 0.25) is 0 Å². The van der Waals surface area contributed by atoms with Gasteiger partial charge in [-0.2, -0.15) is 0 Å². The first-order valence-corrected chi connectivity index (χ1v) is 6.14. The van der Waals surface area contributed by atoms with E-state index in [4.69, 9.17) is 14.6 Å². The van der Waals surface area contributed by atoms with Gasteiger partial charge >= 0.3 is 0 Å². The fraction of sp³-hybridized carbons (Fsp3) is 0.455. The van der Waals surface area contributed by atoms with Crippen molar-refractivity contribution in [2.45, 2.75) is 4.90 Å². The molecule has 0 unspecified atom stereocenters. The van der Waals surface area contributed by atoms with Crippen LogP contribution in [-0.2, 0) is 0 Å². The number of hydrogen-bond acceptors (Lipinski definition) is 5. The molecule has 0 bridgehead atoms. The Kier molecular flexibility index (Phi) is 5.28. The minimum Gasteiger partial charge on any atom is -0.496 e. The molecule has 0 aliphatic carbocycles. The number of methoxy groups -OCH3 is 2. The lowest BCUT2D eigenvalue weighted by molar-refractivity contribution is 0.310. The van der Waals surface area contributed by atoms with Crippen molar-refractivity contribution in [1.82, 2.24) is 0 Å². The van der Waals surface area contributed by atoms with Crippen LogP contribution in [0.1, 0.15) is 0 Å². The van der Waals surface area contributed by atoms with Crippen molar-refractivity contribution >= 4 is 17.4 Å². The Bertz CT molecular complexity index is 344. The molecule has 0 aliphatic rings. The zero-order valence-corrected chi connectivity index (χ0v) is 10.6. The zero-order valence-electron chi connectivity index (χ0n) is 9.74. The van der Waals surface area contributed by atoms with Crippen LogP contribution in [0.4, 0.5) is 5.69 Å². The predicted octanol–water partition coefficient (Wildman–Crippen LogP) is 1.83. The van der Waals surface area contributed by atoms with Crippen molar-refractivity contribution < 1.29 is 14.6 Å². The summed E-state index contributed by atoms with van der Waals surface area (Å²) in [5, 5.41) is 11.9. The van der Waals surface area contributed by atoms with Crippen molar-refractivity contribution in [3.05, 3.63) is 12.1 Å². The second kappa shape index (κ2) is 6.50. The molecular weight excluding hydrogens is 226 g/mol. The van der Waals surface area contributed by atoms with Gasteiger partial charge in [-0.3, -0.25) is 0 Å². The zero-order chi connectivity index (χ0) is 12.0. The molecule has 1 aromatic rings. The maximum Gasteiger partial charge on any atom is 0.143 e. The smallest absolute Gasteiger partial charge is 0.143 e. The van der Waals surface area contributed by atoms with E-state index in [9.17, 15) is 0 Å². The Balaban J connectivity index is 3.05. The molecule has 0 amide bonds. The SMILES string of the molecule is COc1cc(SC)c(OC)cc1NCCO. The average Bonchev–Trinajstić information content (AvgIpc) is 2.35. The molecule has 2 N–H and O–H groups in total. The van der Waals surface area contributed by atoms with Gasteiger partial charge in [0.25, 0.3) is 0 Å². The van der Waals surface area contributed by atoms with Gasteiger partial charge in [-0.25, -0.2) is 0 Å². The van der Waals surface area contributed by atoms with Gasteiger partial charge in [0.05, 0.1) is 31.4 Å². The fourth-order valence-electron chi connectivity index (χ4n) is 1.36. The number of aliphatic hydroxyl groups is 1. The number of anilines is 1. The highest BCUT2D eigenvalue weighted by molar-refractivity contribution is 7.98. The fourth-order valence-corrected chi connectivity index (χ4v) is 1.93. The molecule has 0 atom stereocenters. The van der Waals surface area contributed by atoms with Crippen molar-refractivity contribution in [1.29, 1.82) is 0 Å². The van der Waals surface area contributed by atoms with E-state index in [1.165, 1.54) is 0 Å². The first-order valence-electron chi connectivity index (χ1n) is 4.91. The number of ether oxygens (including phenoxy) is 2. The summed E-state index contributed by atoms with van der Waals surface area (Å²) in [6.07, 6.45) is 1.98. The Labute approximate surface area is 100.0 Å². The third-order valence-electron chi connectivity index (χ3n) is 2.13. The molecule has 0 radical (unpaired) electrons. The molecule has 0 saturated heterocycles. The van der Waals surface area contributed by atoms with E-state index in [0.717, 1.165) is 22.1 Å². The van der Waals surface area contributed by atoms with Gasteiger partial charge in [0.15, 0.2) is 0 Å². The first kappa shape index (κ1) is 13.0. The topological polar surface area (TPSA) is 50.7 Å². The van der Waals surface area contributed by atoms with E-state index in [1.54, 1.807) is 26.0 Å². The molecule has 0 aliphatic heterocycles. The lowest BCUT2D eigenvalue weighted by Crippen LogP contribution is -2.07. The minimum absolute atomic E-state index is 0.0791. The molecule has 4 nitrogen and oxygen atoms in total. The number of thioether (sulfide) groups is 1. The van der Waals surface area contributed by atoms with E-state index in [1.807, 2.05) is 18.4 Å². The molecule has 0 heterocycles. The van der Waals surface area contributed by atoms with Crippen LogP contribution in [0.25, 0.3) is 0 Å². The van der Waals surface area contributed by atoms with Crippen LogP contribution in [-0.4, -0.2) is 38.7 Å². The highest BCUT2D eigenvalue weighted by Crippen LogP contribution is 2.37. The number of aliphatic hydroxyl groups excluding tert-OH is 1. The van der Waals surface area contributed by atoms with Gasteiger partial charge in [0, 0.05) is 12.6 Å². The first-order chi connectivity index (χ1) is 7.76. The number of rotatable bonds is 6. The summed E-state index contributed by atoms with van der Waals surface area (Å²) < 4.78 is 10.5. The summed E-state index contributed by atoms with van der Waals surface area (Å²) in [6, 6.07) is 3.80. The quantitative estimate of drug-likeness (QED) is 0.747. The summed E-state index contributed by atoms with van der Waals surface area (Å²) >= 11 is 1.60. The van der Waals surface area contributed by atoms with Crippen LogP contribution in [0.3, 0.4) is 0 Å². The minimum atomic E-state index is 0.0791. The second-order valence-electron chi connectivity index (χ2n) is 3.06. The Hall–Kier alpha value is -1.07. The van der Waals surface area contributed by atoms with Crippen molar-refractivity contribution in [3.63, 3.8) is 0 Å². The van der Waals surface area contributed by atoms with Crippen LogP contribution in [0.2, 0.25) is 0 Å². The van der Waals surface area contributed by atoms with E-state index in [-0.39, 0.29) is 6.61 Å². The molecule has 0 spiro atoms. The molecule has 0 saturated carbocycles. The highest BCUT2D eigenvalue weighted by Gasteiger charge is 2.09. The normalized spacial score (nSPS) is 10.0. The summed E-state index contributed by atoms with van der Waals surface area (Å²) in [7, 11) is 3.26. The summed E-state index contributed by atoms with van der Waals surface area (Å²) in [5.74, 6) is 1.55. The number of hydrogen-bond donors (Lipinski definition) is 2. The Morgan fingerprint density at radius 2 is 1.94 bits per heavy atom. The second-order valence-corrected chi connectivity index (χ2v) is 3.91. The summed E-state index contributed by atoms with van der Waals surface area (Å²) in [5.41, 5.74) is 0.825. The largest absolute Gasteiger partial charge is 0.496 e. The molecule has 0 aromatic heterocycles. The van der Waals surface area contributed by atoms with E-state index in [0.29, 0.717) is 6.54 Å². The number of benzene rings is 1. The van der Waals surface area contributed by atoms with Crippen LogP contribution in [0, 0.1) is 0 Å². The summed E-state index contributed by atoms with van der Waals surface area (Å²) in [6.45, 7) is 0.563. The average molecular weight is 243 g/mol. The van der Waals surface area contributed by atoms with Gasteiger partial charge < -0.3 is 19.9 Å². The van der Waals surface area contributed by atoms with Crippen molar-refractivity contribution in [3.8, 4) is 11.5 Å². The Morgan fingerprint density at radius 1 is 1.25 bits per heavy atom. The highest BCUT2D eigenvalue weighted by atomic mass is 32.2. The van der Waals surface area contributed by atoms with Gasteiger partial charge in [-0.15, -0.1) is 11.8 Å². The van der Waals surface area contributed by atoms with E-state index in [2.05, 4.69) is 5.32 Å². The van der Waals surface area contributed by atoms with E-state index < -0.39 is 0 Å². The molecule has 0 fully saturated rings. The molecule has 16 heavy (non-hydrogen) atoms. The predicted molar refractivity (Wildman–Crippen MR) is 66.9 cm³/mol. The molecule has 5 heteroatoms. The van der Waals surface area contributed by atoms with Gasteiger partial charge in [-0.1, -0.05) is 0 Å². The molecule has 1 aromatic carbocycles. The van der Waals surface area contributed by atoms with E-state index >= 15 is 0 Å². The third-order valence-corrected chi connectivity index (χ3v) is 2.89. The molecular formula is C11H17NO3S. The van der Waals surface area contributed by atoms with Crippen LogP contribution < -0.4 is 14.8 Å². The van der Waals surface area contributed by atoms with Gasteiger partial charge in [-0.05, 0) is 12.3 Å². The van der Waals surface area contributed by atoms with Crippen molar-refractivity contribution in [2.24, 2.45) is 0 Å². The molecule has 90 valence electrons. The maximum absolute atomic E-state index is 8.78. The van der Waals surface area contributed by atoms with Gasteiger partial charge in [0.1, 0.15) is 11.5 Å². The molecule has 1 rings (SSSR count). The van der Waals surface area contributed by atoms with Crippen LogP contribution >= 0.6 is 11.8 Å². The monoisotopic (exact) mass is 243 g/mol. The number of nitrogens with one attached hydrogen (secondary N) is 1. The lowest BCUT2D eigenvalue weighted by atomic mass is 10.2. The summed E-state index contributed by atoms with van der Waals surface area (Å²) in [4.78, 5) is 1.02. The lowest BCUT2D eigenvalue weighted by Gasteiger charge is -2.14. The van der Waals surface area contributed by atoms with Crippen LogP contribution in [0.5, 0.6) is 11.5 Å². The van der Waals surface area contributed by atoms with Crippen molar-refractivity contribution in [2.75, 3.05) is 38.9 Å². The van der Waals surface area contributed by atoms with Crippen LogP contribution in [0.15, 0.2) is 17.0 Å². The maximum atomic E-state index is 8.78. The third kappa shape index (κ3) is 2.96. The standard InChI is InChI=1S/C11H17NO3S/c1-14-9-7-11(16-3)10(15-2)6-8(9)12-4-5-13/h6-7,12-13H,4-5H2,1-3H3. The Morgan fingerprint density at radius 3 is 2.44 bits per heavy atom.